The summed E-state index contributed by atoms with van der Waals surface area (Å²) in [5.41, 5.74) is 5.15. The van der Waals surface area contributed by atoms with Crippen molar-refractivity contribution in [3.63, 3.8) is 0 Å². The molecule has 2 aliphatic rings. The number of amides is 1. The number of carbonyl (C=O) groups excluding carboxylic acids is 1. The first-order valence-electron chi connectivity index (χ1n) is 13.6. The number of hydrazone groups is 1. The summed E-state index contributed by atoms with van der Waals surface area (Å²) in [4.78, 5) is 12.1. The predicted molar refractivity (Wildman–Crippen MR) is 151 cm³/mol. The van der Waals surface area contributed by atoms with Crippen LogP contribution >= 0.6 is 0 Å². The molecule has 1 aliphatic heterocycles. The standard InChI is InChI=1S/C30H38N4O4/c1-20(2)37-30(35)32-22-10-8-21(9-11-22)29-27(19-31-33(3)4)26-13-12-25(38-24-14-16-36-17-15-24)18-28(26)34(29)23-6-5-7-23/h8-13,18-20,23-24H,5-7,14-17H2,1-4H3,(H,32,35). The van der Waals surface area contributed by atoms with Gasteiger partial charge in [0.1, 0.15) is 11.9 Å². The molecule has 3 aromatic rings. The van der Waals surface area contributed by atoms with Gasteiger partial charge in [0.05, 0.1) is 36.7 Å². The molecule has 5 rings (SSSR count). The van der Waals surface area contributed by atoms with Crippen LogP contribution in [0.4, 0.5) is 10.5 Å². The van der Waals surface area contributed by atoms with Gasteiger partial charge in [-0.25, -0.2) is 4.79 Å². The van der Waals surface area contributed by atoms with Crippen LogP contribution in [0.3, 0.4) is 0 Å². The third-order valence-electron chi connectivity index (χ3n) is 7.09. The molecule has 0 spiro atoms. The molecule has 1 saturated carbocycles. The van der Waals surface area contributed by atoms with E-state index in [1.54, 1.807) is 0 Å². The predicted octanol–water partition coefficient (Wildman–Crippen LogP) is 6.44. The van der Waals surface area contributed by atoms with Crippen molar-refractivity contribution in [3.8, 4) is 17.0 Å². The minimum atomic E-state index is -0.452. The van der Waals surface area contributed by atoms with Crippen LogP contribution in [-0.4, -0.2) is 61.4 Å². The fourth-order valence-electron chi connectivity index (χ4n) is 5.07. The second-order valence-electron chi connectivity index (χ2n) is 10.6. The van der Waals surface area contributed by atoms with Crippen LogP contribution in [-0.2, 0) is 9.47 Å². The first-order chi connectivity index (χ1) is 18.4. The molecular formula is C30H38N4O4. The first-order valence-corrected chi connectivity index (χ1v) is 13.6. The number of hydrogen-bond acceptors (Lipinski definition) is 6. The fourth-order valence-corrected chi connectivity index (χ4v) is 5.07. The number of nitrogens with zero attached hydrogens (tertiary/aromatic N) is 3. The highest BCUT2D eigenvalue weighted by Crippen LogP contribution is 2.43. The maximum atomic E-state index is 12.1. The van der Waals surface area contributed by atoms with Crippen LogP contribution < -0.4 is 10.1 Å². The van der Waals surface area contributed by atoms with E-state index in [1.807, 2.05) is 51.3 Å². The maximum Gasteiger partial charge on any atom is 0.411 e. The summed E-state index contributed by atoms with van der Waals surface area (Å²) in [5.74, 6) is 0.897. The average molecular weight is 519 g/mol. The van der Waals surface area contributed by atoms with Gasteiger partial charge in [0.25, 0.3) is 0 Å². The molecule has 2 aromatic carbocycles. The van der Waals surface area contributed by atoms with Crippen molar-refractivity contribution in [2.75, 3.05) is 32.6 Å². The van der Waals surface area contributed by atoms with Gasteiger partial charge in [-0.1, -0.05) is 12.1 Å². The van der Waals surface area contributed by atoms with E-state index in [4.69, 9.17) is 14.2 Å². The Kier molecular flexibility index (Phi) is 7.88. The summed E-state index contributed by atoms with van der Waals surface area (Å²) in [7, 11) is 3.86. The van der Waals surface area contributed by atoms with Crippen LogP contribution in [0.5, 0.6) is 5.75 Å². The van der Waals surface area contributed by atoms with E-state index in [0.29, 0.717) is 11.7 Å². The zero-order valence-corrected chi connectivity index (χ0v) is 22.8. The normalized spacial score (nSPS) is 16.7. The van der Waals surface area contributed by atoms with Crippen molar-refractivity contribution in [1.82, 2.24) is 9.58 Å². The van der Waals surface area contributed by atoms with Crippen LogP contribution in [0.15, 0.2) is 47.6 Å². The number of rotatable bonds is 8. The van der Waals surface area contributed by atoms with Crippen molar-refractivity contribution in [3.05, 3.63) is 48.0 Å². The second-order valence-corrected chi connectivity index (χ2v) is 10.6. The summed E-state index contributed by atoms with van der Waals surface area (Å²) in [5, 5.41) is 10.4. The molecule has 0 radical (unpaired) electrons. The number of benzene rings is 2. The van der Waals surface area contributed by atoms with Crippen molar-refractivity contribution in [2.45, 2.75) is 64.2 Å². The Hall–Kier alpha value is -3.52. The highest BCUT2D eigenvalue weighted by atomic mass is 16.6. The molecule has 202 valence electrons. The van der Waals surface area contributed by atoms with Gasteiger partial charge in [-0.15, -0.1) is 0 Å². The number of nitrogens with one attached hydrogen (secondary N) is 1. The van der Waals surface area contributed by atoms with Crippen LogP contribution in [0.2, 0.25) is 0 Å². The van der Waals surface area contributed by atoms with E-state index in [1.165, 1.54) is 6.42 Å². The van der Waals surface area contributed by atoms with Crippen LogP contribution in [0.1, 0.15) is 57.6 Å². The van der Waals surface area contributed by atoms with E-state index in [0.717, 1.165) is 72.4 Å². The molecule has 1 saturated heterocycles. The summed E-state index contributed by atoms with van der Waals surface area (Å²) in [6, 6.07) is 14.8. The molecule has 8 heteroatoms. The van der Waals surface area contributed by atoms with Gasteiger partial charge < -0.3 is 23.8 Å². The molecule has 1 N–H and O–H groups in total. The first kappa shape index (κ1) is 26.1. The monoisotopic (exact) mass is 518 g/mol. The molecule has 0 atom stereocenters. The SMILES string of the molecule is CC(C)OC(=O)Nc1ccc(-c2c(C=NN(C)C)c3ccc(OC4CCOCC4)cc3n2C2CCC2)cc1. The van der Waals surface area contributed by atoms with Gasteiger partial charge in [0.15, 0.2) is 0 Å². The third kappa shape index (κ3) is 5.80. The molecule has 38 heavy (non-hydrogen) atoms. The number of ether oxygens (including phenoxy) is 3. The number of aromatic nitrogens is 1. The minimum Gasteiger partial charge on any atom is -0.490 e. The lowest BCUT2D eigenvalue weighted by atomic mass is 9.92. The number of carbonyl (C=O) groups is 1. The Labute approximate surface area is 224 Å². The van der Waals surface area contributed by atoms with Gasteiger partial charge in [0, 0.05) is 55.7 Å². The number of anilines is 1. The maximum absolute atomic E-state index is 12.1. The Morgan fingerprint density at radius 1 is 1.11 bits per heavy atom. The molecular weight excluding hydrogens is 480 g/mol. The van der Waals surface area contributed by atoms with Crippen molar-refractivity contribution in [2.24, 2.45) is 5.10 Å². The van der Waals surface area contributed by atoms with Crippen LogP contribution in [0, 0.1) is 0 Å². The van der Waals surface area contributed by atoms with E-state index in [2.05, 4.69) is 45.3 Å². The number of hydrogen-bond donors (Lipinski definition) is 1. The zero-order valence-electron chi connectivity index (χ0n) is 22.8. The summed E-state index contributed by atoms with van der Waals surface area (Å²) >= 11 is 0. The smallest absolute Gasteiger partial charge is 0.411 e. The number of fused-ring (bicyclic) bond motifs is 1. The zero-order chi connectivity index (χ0) is 26.6. The Balaban J connectivity index is 1.57. The quantitative estimate of drug-likeness (QED) is 0.274. The van der Waals surface area contributed by atoms with Gasteiger partial charge in [0.2, 0.25) is 0 Å². The lowest BCUT2D eigenvalue weighted by molar-refractivity contribution is 0.0256. The summed E-state index contributed by atoms with van der Waals surface area (Å²) in [6.45, 7) is 5.17. The van der Waals surface area contributed by atoms with Gasteiger partial charge >= 0.3 is 6.09 Å². The van der Waals surface area contributed by atoms with Gasteiger partial charge in [-0.05, 0) is 62.9 Å². The second kappa shape index (κ2) is 11.5. The molecule has 1 aliphatic carbocycles. The highest BCUT2D eigenvalue weighted by Gasteiger charge is 2.28. The van der Waals surface area contributed by atoms with E-state index in [-0.39, 0.29) is 12.2 Å². The Bertz CT molecular complexity index is 1290. The summed E-state index contributed by atoms with van der Waals surface area (Å²) < 4.78 is 19.6. The molecule has 0 bridgehead atoms. The molecule has 8 nitrogen and oxygen atoms in total. The van der Waals surface area contributed by atoms with Crippen molar-refractivity contribution in [1.29, 1.82) is 0 Å². The van der Waals surface area contributed by atoms with Crippen LogP contribution in [0.25, 0.3) is 22.2 Å². The van der Waals surface area contributed by atoms with Crippen molar-refractivity contribution < 1.29 is 19.0 Å². The molecule has 2 fully saturated rings. The van der Waals surface area contributed by atoms with E-state index >= 15 is 0 Å². The third-order valence-corrected chi connectivity index (χ3v) is 7.09. The molecule has 1 amide bonds. The lowest BCUT2D eigenvalue weighted by Crippen LogP contribution is -2.25. The molecule has 1 aromatic heterocycles. The Morgan fingerprint density at radius 2 is 1.84 bits per heavy atom. The van der Waals surface area contributed by atoms with Gasteiger partial charge in [-0.3, -0.25) is 5.32 Å². The van der Waals surface area contributed by atoms with Crippen molar-refractivity contribution >= 4 is 28.9 Å². The fraction of sp³-hybridized carbons (Fsp3) is 0.467. The average Bonchev–Trinajstić information content (AvgIpc) is 3.15. The summed E-state index contributed by atoms with van der Waals surface area (Å²) in [6.07, 6.45) is 6.86. The topological polar surface area (TPSA) is 77.3 Å². The largest absolute Gasteiger partial charge is 0.490 e. The lowest BCUT2D eigenvalue weighted by Gasteiger charge is -2.30. The molecule has 0 unspecified atom stereocenters. The van der Waals surface area contributed by atoms with Gasteiger partial charge in [-0.2, -0.15) is 5.10 Å². The minimum absolute atomic E-state index is 0.175. The van der Waals surface area contributed by atoms with E-state index in [9.17, 15) is 4.79 Å². The Morgan fingerprint density at radius 3 is 2.47 bits per heavy atom. The highest BCUT2D eigenvalue weighted by molar-refractivity contribution is 6.07. The van der Waals surface area contributed by atoms with E-state index < -0.39 is 6.09 Å². The molecule has 2 heterocycles.